The average molecular weight is 404 g/mol. The second-order valence-corrected chi connectivity index (χ2v) is 8.45. The van der Waals surface area contributed by atoms with Crippen LogP contribution in [0.5, 0.6) is 11.5 Å². The van der Waals surface area contributed by atoms with Gasteiger partial charge in [-0.05, 0) is 49.2 Å². The van der Waals surface area contributed by atoms with Crippen molar-refractivity contribution in [3.63, 3.8) is 0 Å². The number of piperidine rings is 1. The van der Waals surface area contributed by atoms with Crippen LogP contribution in [0.25, 0.3) is 0 Å². The minimum atomic E-state index is -3.51. The number of hydrogen-bond donors (Lipinski definition) is 1. The predicted molar refractivity (Wildman–Crippen MR) is 107 cm³/mol. The van der Waals surface area contributed by atoms with E-state index in [0.717, 1.165) is 19.3 Å². The van der Waals surface area contributed by atoms with E-state index in [4.69, 9.17) is 9.47 Å². The third kappa shape index (κ3) is 4.28. The van der Waals surface area contributed by atoms with Crippen LogP contribution < -0.4 is 14.8 Å². The van der Waals surface area contributed by atoms with Gasteiger partial charge < -0.3 is 14.8 Å². The first-order valence-corrected chi connectivity index (χ1v) is 10.5. The molecule has 7 nitrogen and oxygen atoms in total. The van der Waals surface area contributed by atoms with Gasteiger partial charge in [-0.2, -0.15) is 4.31 Å². The second-order valence-electron chi connectivity index (χ2n) is 6.51. The van der Waals surface area contributed by atoms with Crippen LogP contribution in [-0.2, 0) is 10.0 Å². The van der Waals surface area contributed by atoms with Gasteiger partial charge in [0.15, 0.2) is 0 Å². The number of carbonyl (C=O) groups is 1. The summed E-state index contributed by atoms with van der Waals surface area (Å²) in [6, 6.07) is 11.1. The molecule has 0 radical (unpaired) electrons. The molecule has 1 saturated heterocycles. The highest BCUT2D eigenvalue weighted by molar-refractivity contribution is 7.89. The van der Waals surface area contributed by atoms with Gasteiger partial charge in [-0.1, -0.05) is 6.42 Å². The lowest BCUT2D eigenvalue weighted by Gasteiger charge is -2.25. The van der Waals surface area contributed by atoms with Crippen LogP contribution in [0, 0.1) is 0 Å². The minimum absolute atomic E-state index is 0.202. The topological polar surface area (TPSA) is 84.9 Å². The summed E-state index contributed by atoms with van der Waals surface area (Å²) in [5, 5.41) is 2.77. The summed E-state index contributed by atoms with van der Waals surface area (Å²) in [5.74, 6) is 0.726. The number of sulfonamides is 1. The number of nitrogens with zero attached hydrogens (tertiary/aromatic N) is 1. The summed E-state index contributed by atoms with van der Waals surface area (Å²) < 4.78 is 37.3. The van der Waals surface area contributed by atoms with E-state index >= 15 is 0 Å². The molecule has 1 N–H and O–H groups in total. The minimum Gasteiger partial charge on any atom is -0.497 e. The van der Waals surface area contributed by atoms with E-state index in [1.54, 1.807) is 25.3 Å². The Balaban J connectivity index is 1.75. The number of ether oxygens (including phenoxy) is 2. The van der Waals surface area contributed by atoms with Gasteiger partial charge in [0.25, 0.3) is 5.91 Å². The third-order valence-corrected chi connectivity index (χ3v) is 6.64. The van der Waals surface area contributed by atoms with E-state index in [1.165, 1.54) is 35.7 Å². The van der Waals surface area contributed by atoms with Gasteiger partial charge in [0.05, 0.1) is 24.8 Å². The van der Waals surface area contributed by atoms with E-state index in [9.17, 15) is 13.2 Å². The Labute approximate surface area is 165 Å². The van der Waals surface area contributed by atoms with Gasteiger partial charge in [-0.15, -0.1) is 0 Å². The molecule has 0 bridgehead atoms. The quantitative estimate of drug-likeness (QED) is 0.800. The van der Waals surface area contributed by atoms with Gasteiger partial charge in [-0.3, -0.25) is 4.79 Å². The largest absolute Gasteiger partial charge is 0.497 e. The van der Waals surface area contributed by atoms with Crippen molar-refractivity contribution in [2.75, 3.05) is 32.6 Å². The molecule has 2 aromatic carbocycles. The molecule has 2 aromatic rings. The van der Waals surface area contributed by atoms with Crippen LogP contribution >= 0.6 is 0 Å². The van der Waals surface area contributed by atoms with E-state index in [2.05, 4.69) is 5.32 Å². The Morgan fingerprint density at radius 2 is 1.64 bits per heavy atom. The Bertz CT molecular complexity index is 936. The van der Waals surface area contributed by atoms with Crippen molar-refractivity contribution in [1.82, 2.24) is 4.31 Å². The van der Waals surface area contributed by atoms with Crippen molar-refractivity contribution < 1.29 is 22.7 Å². The van der Waals surface area contributed by atoms with Crippen molar-refractivity contribution in [3.8, 4) is 11.5 Å². The van der Waals surface area contributed by atoms with Crippen molar-refractivity contribution >= 4 is 21.6 Å². The van der Waals surface area contributed by atoms with E-state index < -0.39 is 10.0 Å². The molecule has 3 rings (SSSR count). The molecule has 1 aliphatic rings. The number of hydrogen-bond acceptors (Lipinski definition) is 5. The number of nitrogens with one attached hydrogen (secondary N) is 1. The third-order valence-electron chi connectivity index (χ3n) is 4.73. The molecule has 0 aliphatic carbocycles. The number of anilines is 1. The molecular formula is C20H24N2O5S. The molecule has 8 heteroatoms. The van der Waals surface area contributed by atoms with E-state index in [0.29, 0.717) is 35.8 Å². The standard InChI is InChI=1S/C20H24N2O5S/c1-26-16-8-11-18(19(14-16)27-2)21-20(23)15-6-9-17(10-7-15)28(24,25)22-12-4-3-5-13-22/h6-11,14H,3-5,12-13H2,1-2H3,(H,21,23). The van der Waals surface area contributed by atoms with Crippen LogP contribution in [0.15, 0.2) is 47.4 Å². The fraction of sp³-hybridized carbons (Fsp3) is 0.350. The maximum Gasteiger partial charge on any atom is 0.255 e. The Kier molecular flexibility index (Phi) is 6.21. The summed E-state index contributed by atoms with van der Waals surface area (Å²) in [6.45, 7) is 1.09. The lowest BCUT2D eigenvalue weighted by molar-refractivity contribution is 0.102. The maximum atomic E-state index is 12.7. The first kappa shape index (κ1) is 20.2. The highest BCUT2D eigenvalue weighted by Crippen LogP contribution is 2.29. The first-order valence-electron chi connectivity index (χ1n) is 9.09. The number of rotatable bonds is 6. The molecule has 1 amide bonds. The summed E-state index contributed by atoms with van der Waals surface area (Å²) in [4.78, 5) is 12.7. The molecule has 1 aliphatic heterocycles. The lowest BCUT2D eigenvalue weighted by atomic mass is 10.2. The Morgan fingerprint density at radius 1 is 0.964 bits per heavy atom. The van der Waals surface area contributed by atoms with E-state index in [-0.39, 0.29) is 10.8 Å². The van der Waals surface area contributed by atoms with Crippen LogP contribution in [0.1, 0.15) is 29.6 Å². The smallest absolute Gasteiger partial charge is 0.255 e. The van der Waals surface area contributed by atoms with Crippen molar-refractivity contribution in [1.29, 1.82) is 0 Å². The van der Waals surface area contributed by atoms with Crippen LogP contribution in [-0.4, -0.2) is 45.9 Å². The van der Waals surface area contributed by atoms with Crippen molar-refractivity contribution in [2.45, 2.75) is 24.2 Å². The van der Waals surface area contributed by atoms with Crippen LogP contribution in [0.2, 0.25) is 0 Å². The van der Waals surface area contributed by atoms with Gasteiger partial charge in [0, 0.05) is 24.7 Å². The number of carbonyl (C=O) groups excluding carboxylic acids is 1. The van der Waals surface area contributed by atoms with E-state index in [1.807, 2.05) is 0 Å². The first-order chi connectivity index (χ1) is 13.5. The summed E-state index contributed by atoms with van der Waals surface area (Å²) in [7, 11) is -0.461. The monoisotopic (exact) mass is 404 g/mol. The highest BCUT2D eigenvalue weighted by Gasteiger charge is 2.26. The average Bonchev–Trinajstić information content (AvgIpc) is 2.74. The molecule has 0 aromatic heterocycles. The van der Waals surface area contributed by atoms with Crippen LogP contribution in [0.3, 0.4) is 0 Å². The zero-order chi connectivity index (χ0) is 20.1. The number of methoxy groups -OCH3 is 2. The molecule has 0 spiro atoms. The van der Waals surface area contributed by atoms with Gasteiger partial charge in [0.2, 0.25) is 10.0 Å². The zero-order valence-electron chi connectivity index (χ0n) is 16.0. The summed E-state index contributed by atoms with van der Waals surface area (Å²) in [6.07, 6.45) is 2.81. The number of amides is 1. The highest BCUT2D eigenvalue weighted by atomic mass is 32.2. The predicted octanol–water partition coefficient (Wildman–Crippen LogP) is 3.13. The van der Waals surface area contributed by atoms with Crippen molar-refractivity contribution in [3.05, 3.63) is 48.0 Å². The molecule has 1 heterocycles. The molecule has 0 atom stereocenters. The normalized spacial score (nSPS) is 15.1. The Morgan fingerprint density at radius 3 is 2.25 bits per heavy atom. The fourth-order valence-corrected chi connectivity index (χ4v) is 4.65. The molecular weight excluding hydrogens is 380 g/mol. The molecule has 150 valence electrons. The lowest BCUT2D eigenvalue weighted by Crippen LogP contribution is -2.35. The summed E-state index contributed by atoms with van der Waals surface area (Å²) >= 11 is 0. The van der Waals surface area contributed by atoms with Gasteiger partial charge in [0.1, 0.15) is 11.5 Å². The second kappa shape index (κ2) is 8.62. The number of benzene rings is 2. The molecule has 0 saturated carbocycles. The summed E-state index contributed by atoms with van der Waals surface area (Å²) in [5.41, 5.74) is 0.855. The molecule has 28 heavy (non-hydrogen) atoms. The van der Waals surface area contributed by atoms with Gasteiger partial charge in [-0.25, -0.2) is 8.42 Å². The molecule has 0 unspecified atom stereocenters. The Hall–Kier alpha value is -2.58. The maximum absolute atomic E-state index is 12.7. The molecule has 1 fully saturated rings. The van der Waals surface area contributed by atoms with Crippen molar-refractivity contribution in [2.24, 2.45) is 0 Å². The zero-order valence-corrected chi connectivity index (χ0v) is 16.8. The van der Waals surface area contributed by atoms with Crippen LogP contribution in [0.4, 0.5) is 5.69 Å². The van der Waals surface area contributed by atoms with Gasteiger partial charge >= 0.3 is 0 Å². The SMILES string of the molecule is COc1ccc(NC(=O)c2ccc(S(=O)(=O)N3CCCCC3)cc2)c(OC)c1. The fourth-order valence-electron chi connectivity index (χ4n) is 3.13.